The quantitative estimate of drug-likeness (QED) is 0.490. The number of hydrogen-bond donors (Lipinski definition) is 5. The highest BCUT2D eigenvalue weighted by Crippen LogP contribution is 2.07. The van der Waals surface area contributed by atoms with Crippen molar-refractivity contribution in [2.24, 2.45) is 0 Å². The van der Waals surface area contributed by atoms with Crippen LogP contribution in [0.4, 0.5) is 5.82 Å². The third kappa shape index (κ3) is 2.48. The molecule has 0 aromatic carbocycles. The fourth-order valence-corrected chi connectivity index (χ4v) is 1.40. The van der Waals surface area contributed by atoms with Gasteiger partial charge in [0.05, 0.1) is 11.8 Å². The van der Waals surface area contributed by atoms with Gasteiger partial charge >= 0.3 is 0 Å². The third-order valence-electron chi connectivity index (χ3n) is 2.28. The Balaban J connectivity index is 2.08. The Hall–Kier alpha value is -2.77. The molecule has 2 aromatic heterocycles. The van der Waals surface area contributed by atoms with Gasteiger partial charge in [0.25, 0.3) is 11.5 Å². The molecule has 0 unspecified atom stereocenters. The Morgan fingerprint density at radius 2 is 2.28 bits per heavy atom. The number of amides is 1. The van der Waals surface area contributed by atoms with E-state index in [9.17, 15) is 9.59 Å². The fourth-order valence-electron chi connectivity index (χ4n) is 1.40. The van der Waals surface area contributed by atoms with Gasteiger partial charge in [-0.05, 0) is 0 Å². The van der Waals surface area contributed by atoms with E-state index in [2.05, 4.69) is 20.5 Å². The van der Waals surface area contributed by atoms with Crippen LogP contribution in [0.1, 0.15) is 15.9 Å². The number of H-pyrrole nitrogens is 2. The minimum absolute atomic E-state index is 0.0679. The summed E-state index contributed by atoms with van der Waals surface area (Å²) in [4.78, 5) is 24.9. The molecule has 0 aliphatic carbocycles. The van der Waals surface area contributed by atoms with Gasteiger partial charge in [-0.3, -0.25) is 19.7 Å². The standard InChI is InChI=1S/C10H11N5O3/c11-9-6(4-13-15-9)3-12-10(18)5-1-7(16)14-8(17)2-5/h1-2,4H,3H2,(H,12,18)(H3,11,13,15)(H2,14,16,17). The van der Waals surface area contributed by atoms with Crippen molar-refractivity contribution in [1.82, 2.24) is 20.5 Å². The molecule has 2 heterocycles. The van der Waals surface area contributed by atoms with Crippen molar-refractivity contribution in [3.05, 3.63) is 39.8 Å². The molecular formula is C10H11N5O3. The lowest BCUT2D eigenvalue weighted by atomic mass is 10.2. The predicted molar refractivity (Wildman–Crippen MR) is 62.9 cm³/mol. The van der Waals surface area contributed by atoms with Gasteiger partial charge < -0.3 is 16.2 Å². The maximum atomic E-state index is 11.7. The number of carbonyl (C=O) groups is 1. The van der Waals surface area contributed by atoms with Gasteiger partial charge in [0.15, 0.2) is 5.88 Å². The van der Waals surface area contributed by atoms with E-state index in [4.69, 9.17) is 10.8 Å². The number of aromatic nitrogens is 3. The Kier molecular flexibility index (Phi) is 3.00. The Bertz CT molecular complexity index is 630. The number of carbonyl (C=O) groups excluding carboxylic acids is 1. The first-order valence-electron chi connectivity index (χ1n) is 5.05. The van der Waals surface area contributed by atoms with Crippen LogP contribution in [0.5, 0.6) is 5.88 Å². The first-order chi connectivity index (χ1) is 8.56. The zero-order valence-electron chi connectivity index (χ0n) is 9.23. The van der Waals surface area contributed by atoms with Crippen LogP contribution in [-0.2, 0) is 6.54 Å². The topological polar surface area (TPSA) is 137 Å². The van der Waals surface area contributed by atoms with E-state index in [0.29, 0.717) is 11.4 Å². The molecule has 18 heavy (non-hydrogen) atoms. The summed E-state index contributed by atoms with van der Waals surface area (Å²) in [6.45, 7) is 0.175. The molecule has 0 bridgehead atoms. The van der Waals surface area contributed by atoms with Crippen molar-refractivity contribution >= 4 is 11.7 Å². The number of nitrogen functional groups attached to an aromatic ring is 1. The molecule has 6 N–H and O–H groups in total. The average molecular weight is 249 g/mol. The number of nitrogens with one attached hydrogen (secondary N) is 3. The number of hydrogen-bond acceptors (Lipinski definition) is 5. The molecule has 8 nitrogen and oxygen atoms in total. The maximum Gasteiger partial charge on any atom is 0.251 e. The van der Waals surface area contributed by atoms with Crippen molar-refractivity contribution in [1.29, 1.82) is 0 Å². The van der Waals surface area contributed by atoms with E-state index in [-0.39, 0.29) is 18.0 Å². The molecule has 2 aromatic rings. The Labute approximate surface area is 101 Å². The minimum atomic E-state index is -0.553. The van der Waals surface area contributed by atoms with E-state index < -0.39 is 11.5 Å². The summed E-state index contributed by atoms with van der Waals surface area (Å²) in [6, 6.07) is 2.25. The lowest BCUT2D eigenvalue weighted by Crippen LogP contribution is -2.24. The number of aromatic hydroxyl groups is 1. The van der Waals surface area contributed by atoms with Crippen LogP contribution in [0.3, 0.4) is 0 Å². The van der Waals surface area contributed by atoms with E-state index in [0.717, 1.165) is 12.1 Å². The van der Waals surface area contributed by atoms with Gasteiger partial charge in [-0.1, -0.05) is 0 Å². The molecule has 8 heteroatoms. The van der Waals surface area contributed by atoms with Gasteiger partial charge in [0.1, 0.15) is 5.82 Å². The molecule has 1 amide bonds. The molecule has 0 aliphatic rings. The van der Waals surface area contributed by atoms with Crippen LogP contribution < -0.4 is 16.6 Å². The molecule has 0 aliphatic heterocycles. The maximum absolute atomic E-state index is 11.7. The highest BCUT2D eigenvalue weighted by molar-refractivity contribution is 5.94. The van der Waals surface area contributed by atoms with E-state index in [1.807, 2.05) is 0 Å². The summed E-state index contributed by atoms with van der Waals surface area (Å²) in [6.07, 6.45) is 1.49. The van der Waals surface area contributed by atoms with Crippen molar-refractivity contribution in [3.63, 3.8) is 0 Å². The van der Waals surface area contributed by atoms with E-state index >= 15 is 0 Å². The first-order valence-corrected chi connectivity index (χ1v) is 5.05. The normalized spacial score (nSPS) is 10.2. The lowest BCUT2D eigenvalue weighted by Gasteiger charge is -2.04. The first kappa shape index (κ1) is 11.7. The van der Waals surface area contributed by atoms with Gasteiger partial charge in [0, 0.05) is 24.2 Å². The third-order valence-corrected chi connectivity index (χ3v) is 2.28. The van der Waals surface area contributed by atoms with Gasteiger partial charge in [-0.25, -0.2) is 0 Å². The molecule has 0 saturated carbocycles. The van der Waals surface area contributed by atoms with Crippen LogP contribution in [-0.4, -0.2) is 26.2 Å². The summed E-state index contributed by atoms with van der Waals surface area (Å²) in [5, 5.41) is 18.0. The zero-order valence-corrected chi connectivity index (χ0v) is 9.23. The number of anilines is 1. The van der Waals surface area contributed by atoms with Crippen molar-refractivity contribution in [2.45, 2.75) is 6.54 Å². The monoisotopic (exact) mass is 249 g/mol. The smallest absolute Gasteiger partial charge is 0.251 e. The summed E-state index contributed by atoms with van der Waals surface area (Å²) >= 11 is 0. The largest absolute Gasteiger partial charge is 0.494 e. The Morgan fingerprint density at radius 3 is 2.89 bits per heavy atom. The lowest BCUT2D eigenvalue weighted by molar-refractivity contribution is 0.0950. The molecular weight excluding hydrogens is 238 g/mol. The Morgan fingerprint density at radius 1 is 1.50 bits per heavy atom. The van der Waals surface area contributed by atoms with E-state index in [1.165, 1.54) is 6.20 Å². The average Bonchev–Trinajstić information content (AvgIpc) is 2.70. The van der Waals surface area contributed by atoms with Crippen molar-refractivity contribution < 1.29 is 9.90 Å². The second-order valence-corrected chi connectivity index (χ2v) is 3.61. The highest BCUT2D eigenvalue weighted by atomic mass is 16.3. The number of nitrogens with zero attached hydrogens (tertiary/aromatic N) is 1. The highest BCUT2D eigenvalue weighted by Gasteiger charge is 2.09. The summed E-state index contributed by atoms with van der Waals surface area (Å²) in [5.41, 5.74) is 5.70. The van der Waals surface area contributed by atoms with Crippen LogP contribution in [0, 0.1) is 0 Å². The summed E-state index contributed by atoms with van der Waals surface area (Å²) in [5.74, 6) is -0.489. The molecule has 0 spiro atoms. The van der Waals surface area contributed by atoms with Gasteiger partial charge in [-0.15, -0.1) is 0 Å². The van der Waals surface area contributed by atoms with Crippen LogP contribution >= 0.6 is 0 Å². The number of pyridine rings is 1. The van der Waals surface area contributed by atoms with E-state index in [1.54, 1.807) is 0 Å². The van der Waals surface area contributed by atoms with Crippen molar-refractivity contribution in [3.8, 4) is 5.88 Å². The molecule has 0 radical (unpaired) electrons. The molecule has 2 rings (SSSR count). The molecule has 0 fully saturated rings. The zero-order chi connectivity index (χ0) is 13.1. The number of aromatic amines is 2. The molecule has 0 saturated heterocycles. The van der Waals surface area contributed by atoms with Gasteiger partial charge in [-0.2, -0.15) is 5.10 Å². The fraction of sp³-hybridized carbons (Fsp3) is 0.100. The van der Waals surface area contributed by atoms with Crippen molar-refractivity contribution in [2.75, 3.05) is 5.73 Å². The SMILES string of the molecule is Nc1[nH]ncc1CNC(=O)c1cc(O)[nH]c(=O)c1. The second kappa shape index (κ2) is 4.62. The second-order valence-electron chi connectivity index (χ2n) is 3.61. The van der Waals surface area contributed by atoms with Crippen LogP contribution in [0.15, 0.2) is 23.1 Å². The van der Waals surface area contributed by atoms with Gasteiger partial charge in [0.2, 0.25) is 0 Å². The van der Waals surface area contributed by atoms with Crippen LogP contribution in [0.25, 0.3) is 0 Å². The minimum Gasteiger partial charge on any atom is -0.494 e. The summed E-state index contributed by atoms with van der Waals surface area (Å²) < 4.78 is 0. The number of rotatable bonds is 3. The number of nitrogens with two attached hydrogens (primary N) is 1. The molecule has 0 atom stereocenters. The van der Waals surface area contributed by atoms with Crippen LogP contribution in [0.2, 0.25) is 0 Å². The molecule has 94 valence electrons. The summed E-state index contributed by atoms with van der Waals surface area (Å²) in [7, 11) is 0. The predicted octanol–water partition coefficient (Wildman–Crippen LogP) is -0.684.